The Morgan fingerprint density at radius 3 is 2.45 bits per heavy atom. The van der Waals surface area contributed by atoms with Crippen molar-refractivity contribution < 1.29 is 9.53 Å². The van der Waals surface area contributed by atoms with Crippen LogP contribution >= 0.6 is 0 Å². The first-order valence-electron chi connectivity index (χ1n) is 7.12. The van der Waals surface area contributed by atoms with E-state index in [0.29, 0.717) is 13.2 Å². The smallest absolute Gasteiger partial charge is 0.244 e. The van der Waals surface area contributed by atoms with Crippen LogP contribution in [-0.4, -0.2) is 37.1 Å². The van der Waals surface area contributed by atoms with E-state index in [1.54, 1.807) is 7.11 Å². The van der Waals surface area contributed by atoms with E-state index < -0.39 is 6.04 Å². The van der Waals surface area contributed by atoms with Crippen molar-refractivity contribution in [2.75, 3.05) is 20.3 Å². The zero-order chi connectivity index (χ0) is 15.1. The largest absolute Gasteiger partial charge is 0.383 e. The van der Waals surface area contributed by atoms with Gasteiger partial charge >= 0.3 is 0 Å². The zero-order valence-electron chi connectivity index (χ0n) is 12.9. The number of benzene rings is 1. The molecule has 0 fully saturated rings. The molecule has 0 spiro atoms. The van der Waals surface area contributed by atoms with Gasteiger partial charge in [0.25, 0.3) is 0 Å². The van der Waals surface area contributed by atoms with Gasteiger partial charge < -0.3 is 15.4 Å². The molecule has 0 radical (unpaired) electrons. The summed E-state index contributed by atoms with van der Waals surface area (Å²) in [5, 5.41) is 0. The third-order valence-corrected chi connectivity index (χ3v) is 3.64. The average Bonchev–Trinajstić information content (AvgIpc) is 2.47. The Morgan fingerprint density at radius 1 is 1.35 bits per heavy atom. The van der Waals surface area contributed by atoms with Crippen LogP contribution in [0, 0.1) is 6.92 Å². The molecule has 112 valence electrons. The van der Waals surface area contributed by atoms with Gasteiger partial charge in [-0.3, -0.25) is 4.79 Å². The van der Waals surface area contributed by atoms with Crippen LogP contribution in [0.25, 0.3) is 0 Å². The van der Waals surface area contributed by atoms with E-state index in [9.17, 15) is 4.79 Å². The molecule has 1 aromatic rings. The van der Waals surface area contributed by atoms with Crippen molar-refractivity contribution in [1.29, 1.82) is 0 Å². The maximum Gasteiger partial charge on any atom is 0.244 e. The standard InChI is InChI=1S/C16H26N2O2/c1-5-13(3)18(10-11-20-4)16(19)15(17)14-8-6-12(2)7-9-14/h6-9,13,15H,5,10-11,17H2,1-4H3. The van der Waals surface area contributed by atoms with Gasteiger partial charge in [-0.05, 0) is 25.8 Å². The predicted molar refractivity (Wildman–Crippen MR) is 81.4 cm³/mol. The second-order valence-electron chi connectivity index (χ2n) is 5.17. The maximum absolute atomic E-state index is 12.6. The number of nitrogens with zero attached hydrogens (tertiary/aromatic N) is 1. The van der Waals surface area contributed by atoms with Crippen molar-refractivity contribution in [1.82, 2.24) is 4.90 Å². The number of aryl methyl sites for hydroxylation is 1. The van der Waals surface area contributed by atoms with E-state index >= 15 is 0 Å². The fraction of sp³-hybridized carbons (Fsp3) is 0.562. The van der Waals surface area contributed by atoms with Crippen LogP contribution in [0.1, 0.15) is 37.4 Å². The van der Waals surface area contributed by atoms with Gasteiger partial charge in [-0.2, -0.15) is 0 Å². The summed E-state index contributed by atoms with van der Waals surface area (Å²) in [6, 6.07) is 7.35. The van der Waals surface area contributed by atoms with E-state index in [1.165, 1.54) is 0 Å². The highest BCUT2D eigenvalue weighted by Crippen LogP contribution is 2.16. The van der Waals surface area contributed by atoms with Crippen LogP contribution in [0.3, 0.4) is 0 Å². The fourth-order valence-corrected chi connectivity index (χ4v) is 2.05. The summed E-state index contributed by atoms with van der Waals surface area (Å²) in [5.74, 6) is -0.0414. The van der Waals surface area contributed by atoms with Crippen molar-refractivity contribution in [2.24, 2.45) is 5.73 Å². The van der Waals surface area contributed by atoms with Crippen LogP contribution in [0.2, 0.25) is 0 Å². The highest BCUT2D eigenvalue weighted by atomic mass is 16.5. The molecule has 0 aliphatic rings. The molecule has 0 aliphatic heterocycles. The van der Waals surface area contributed by atoms with Gasteiger partial charge in [0.05, 0.1) is 6.61 Å². The molecule has 0 saturated heterocycles. The lowest BCUT2D eigenvalue weighted by molar-refractivity contribution is -0.135. The second kappa shape index (κ2) is 8.02. The van der Waals surface area contributed by atoms with Crippen molar-refractivity contribution in [2.45, 2.75) is 39.3 Å². The third-order valence-electron chi connectivity index (χ3n) is 3.64. The Labute approximate surface area is 121 Å². The lowest BCUT2D eigenvalue weighted by Gasteiger charge is -2.31. The second-order valence-corrected chi connectivity index (χ2v) is 5.17. The lowest BCUT2D eigenvalue weighted by atomic mass is 10.0. The van der Waals surface area contributed by atoms with Crippen molar-refractivity contribution in [3.8, 4) is 0 Å². The minimum atomic E-state index is -0.610. The Morgan fingerprint density at radius 2 is 1.95 bits per heavy atom. The quantitative estimate of drug-likeness (QED) is 0.832. The summed E-state index contributed by atoms with van der Waals surface area (Å²) in [6.07, 6.45) is 0.899. The van der Waals surface area contributed by atoms with E-state index in [-0.39, 0.29) is 11.9 Å². The Kier molecular flexibility index (Phi) is 6.68. The summed E-state index contributed by atoms with van der Waals surface area (Å²) in [6.45, 7) is 7.21. The van der Waals surface area contributed by atoms with Gasteiger partial charge in [0.2, 0.25) is 5.91 Å². The summed E-state index contributed by atoms with van der Waals surface area (Å²) in [5.41, 5.74) is 8.13. The fourth-order valence-electron chi connectivity index (χ4n) is 2.05. The van der Waals surface area contributed by atoms with Crippen molar-refractivity contribution in [3.63, 3.8) is 0 Å². The summed E-state index contributed by atoms with van der Waals surface area (Å²) in [4.78, 5) is 14.4. The number of nitrogens with two attached hydrogens (primary N) is 1. The van der Waals surface area contributed by atoms with Crippen molar-refractivity contribution in [3.05, 3.63) is 35.4 Å². The molecular formula is C16H26N2O2. The zero-order valence-corrected chi connectivity index (χ0v) is 12.9. The van der Waals surface area contributed by atoms with Gasteiger partial charge in [0.1, 0.15) is 6.04 Å². The molecule has 4 nitrogen and oxygen atoms in total. The average molecular weight is 278 g/mol. The summed E-state index contributed by atoms with van der Waals surface area (Å²) >= 11 is 0. The number of carbonyl (C=O) groups excluding carboxylic acids is 1. The van der Waals surface area contributed by atoms with Gasteiger partial charge in [-0.1, -0.05) is 36.8 Å². The molecular weight excluding hydrogens is 252 g/mol. The number of hydrogen-bond donors (Lipinski definition) is 1. The van der Waals surface area contributed by atoms with Gasteiger partial charge in [0.15, 0.2) is 0 Å². The van der Waals surface area contributed by atoms with Crippen molar-refractivity contribution >= 4 is 5.91 Å². The molecule has 20 heavy (non-hydrogen) atoms. The molecule has 0 aromatic heterocycles. The number of amides is 1. The summed E-state index contributed by atoms with van der Waals surface area (Å²) < 4.78 is 5.08. The Hall–Kier alpha value is -1.39. The first-order chi connectivity index (χ1) is 9.51. The van der Waals surface area contributed by atoms with Crippen LogP contribution in [0.15, 0.2) is 24.3 Å². The highest BCUT2D eigenvalue weighted by molar-refractivity contribution is 5.83. The van der Waals surface area contributed by atoms with Crippen LogP contribution in [0.5, 0.6) is 0 Å². The molecule has 1 amide bonds. The molecule has 0 heterocycles. The van der Waals surface area contributed by atoms with Crippen LogP contribution in [0.4, 0.5) is 0 Å². The van der Waals surface area contributed by atoms with E-state index in [1.807, 2.05) is 43.0 Å². The van der Waals surface area contributed by atoms with E-state index in [2.05, 4.69) is 6.92 Å². The predicted octanol–water partition coefficient (Wildman–Crippen LogP) is 2.27. The molecule has 2 N–H and O–H groups in total. The molecule has 0 bridgehead atoms. The van der Waals surface area contributed by atoms with E-state index in [4.69, 9.17) is 10.5 Å². The van der Waals surface area contributed by atoms with Gasteiger partial charge in [-0.15, -0.1) is 0 Å². The van der Waals surface area contributed by atoms with Crippen LogP contribution in [-0.2, 0) is 9.53 Å². The molecule has 0 saturated carbocycles. The Balaban J connectivity index is 2.84. The number of methoxy groups -OCH3 is 1. The number of ether oxygens (including phenoxy) is 1. The number of carbonyl (C=O) groups is 1. The first kappa shape index (κ1) is 16.7. The number of rotatable bonds is 7. The monoisotopic (exact) mass is 278 g/mol. The molecule has 4 heteroatoms. The minimum Gasteiger partial charge on any atom is -0.383 e. The highest BCUT2D eigenvalue weighted by Gasteiger charge is 2.25. The molecule has 2 unspecified atom stereocenters. The first-order valence-corrected chi connectivity index (χ1v) is 7.12. The maximum atomic E-state index is 12.6. The third kappa shape index (κ3) is 4.32. The normalized spacial score (nSPS) is 13.8. The number of hydrogen-bond acceptors (Lipinski definition) is 3. The molecule has 0 aliphatic carbocycles. The minimum absolute atomic E-state index is 0.0414. The summed E-state index contributed by atoms with van der Waals surface area (Å²) in [7, 11) is 1.64. The Bertz CT molecular complexity index is 417. The van der Waals surface area contributed by atoms with Crippen LogP contribution < -0.4 is 5.73 Å². The van der Waals surface area contributed by atoms with Gasteiger partial charge in [0, 0.05) is 19.7 Å². The molecule has 1 aromatic carbocycles. The molecule has 2 atom stereocenters. The van der Waals surface area contributed by atoms with Gasteiger partial charge in [-0.25, -0.2) is 0 Å². The lowest BCUT2D eigenvalue weighted by Crippen LogP contribution is -2.45. The topological polar surface area (TPSA) is 55.6 Å². The SMILES string of the molecule is CCC(C)N(CCOC)C(=O)C(N)c1ccc(C)cc1. The van der Waals surface area contributed by atoms with E-state index in [0.717, 1.165) is 17.5 Å². The molecule has 1 rings (SSSR count).